The first kappa shape index (κ1) is 19.1. The molecule has 4 aromatic rings. The van der Waals surface area contributed by atoms with Crippen LogP contribution in [0.4, 0.5) is 0 Å². The maximum absolute atomic E-state index is 13.4. The molecule has 5 nitrogen and oxygen atoms in total. The molecule has 0 bridgehead atoms. The minimum atomic E-state index is -0.191. The van der Waals surface area contributed by atoms with Crippen LogP contribution in [0.2, 0.25) is 0 Å². The first-order chi connectivity index (χ1) is 14.1. The maximum atomic E-state index is 13.4. The summed E-state index contributed by atoms with van der Waals surface area (Å²) in [6, 6.07) is 17.3. The monoisotopic (exact) mass is 403 g/mol. The number of amides is 1. The Hall–Kier alpha value is -3.25. The number of hydrogen-bond acceptors (Lipinski definition) is 5. The van der Waals surface area contributed by atoms with Crippen molar-refractivity contribution >= 4 is 17.2 Å². The van der Waals surface area contributed by atoms with Gasteiger partial charge in [0.05, 0.1) is 22.3 Å². The van der Waals surface area contributed by atoms with Crippen LogP contribution in [0.1, 0.15) is 39.6 Å². The van der Waals surface area contributed by atoms with Gasteiger partial charge in [0.25, 0.3) is 5.91 Å². The molecule has 29 heavy (non-hydrogen) atoms. The highest BCUT2D eigenvalue weighted by Crippen LogP contribution is 2.27. The summed E-state index contributed by atoms with van der Waals surface area (Å²) >= 11 is 1.55. The molecule has 146 valence electrons. The first-order valence-corrected chi connectivity index (χ1v) is 10.3. The molecule has 4 rings (SSSR count). The van der Waals surface area contributed by atoms with Gasteiger partial charge in [0.15, 0.2) is 5.76 Å². The number of carbonyl (C=O) groups excluding carboxylic acids is 1. The average molecular weight is 404 g/mol. The predicted molar refractivity (Wildman–Crippen MR) is 114 cm³/mol. The van der Waals surface area contributed by atoms with Gasteiger partial charge >= 0.3 is 0 Å². The van der Waals surface area contributed by atoms with E-state index in [1.54, 1.807) is 23.6 Å². The van der Waals surface area contributed by atoms with Crippen LogP contribution in [0.15, 0.2) is 76.9 Å². The van der Waals surface area contributed by atoms with Gasteiger partial charge in [-0.2, -0.15) is 0 Å². The van der Waals surface area contributed by atoms with Gasteiger partial charge < -0.3 is 9.32 Å². The molecule has 3 heterocycles. The number of hydrogen-bond donors (Lipinski definition) is 0. The van der Waals surface area contributed by atoms with Crippen molar-refractivity contribution in [1.82, 2.24) is 14.9 Å². The lowest BCUT2D eigenvalue weighted by Crippen LogP contribution is -2.33. The highest BCUT2D eigenvalue weighted by molar-refractivity contribution is 7.09. The van der Waals surface area contributed by atoms with Crippen molar-refractivity contribution in [1.29, 1.82) is 0 Å². The van der Waals surface area contributed by atoms with Gasteiger partial charge in [-0.1, -0.05) is 36.4 Å². The Morgan fingerprint density at radius 2 is 1.97 bits per heavy atom. The lowest BCUT2D eigenvalue weighted by atomic mass is 10.1. The topological polar surface area (TPSA) is 59.2 Å². The molecule has 0 saturated carbocycles. The van der Waals surface area contributed by atoms with Crippen LogP contribution >= 0.6 is 11.3 Å². The molecule has 1 aromatic carbocycles. The van der Waals surface area contributed by atoms with Gasteiger partial charge in [0, 0.05) is 18.1 Å². The Morgan fingerprint density at radius 3 is 2.66 bits per heavy atom. The van der Waals surface area contributed by atoms with Crippen molar-refractivity contribution in [2.45, 2.75) is 26.4 Å². The molecule has 6 heteroatoms. The van der Waals surface area contributed by atoms with E-state index in [9.17, 15) is 4.79 Å². The van der Waals surface area contributed by atoms with Crippen LogP contribution in [-0.4, -0.2) is 20.8 Å². The number of pyridine rings is 1. The molecule has 0 radical (unpaired) electrons. The van der Waals surface area contributed by atoms with Crippen LogP contribution in [0, 0.1) is 6.92 Å². The van der Waals surface area contributed by atoms with Gasteiger partial charge in [-0.05, 0) is 37.6 Å². The Labute approximate surface area is 173 Å². The Bertz CT molecular complexity index is 1090. The molecule has 1 atom stereocenters. The second-order valence-electron chi connectivity index (χ2n) is 6.80. The fourth-order valence-corrected chi connectivity index (χ4v) is 3.77. The summed E-state index contributed by atoms with van der Waals surface area (Å²) in [5.41, 5.74) is 3.15. The number of nitrogens with zero attached hydrogens (tertiary/aromatic N) is 3. The number of benzene rings is 1. The molecular weight excluding hydrogens is 382 g/mol. The summed E-state index contributed by atoms with van der Waals surface area (Å²) in [6.45, 7) is 4.42. The van der Waals surface area contributed by atoms with E-state index < -0.39 is 0 Å². The van der Waals surface area contributed by atoms with Gasteiger partial charge in [0.2, 0.25) is 0 Å². The second kappa shape index (κ2) is 8.41. The van der Waals surface area contributed by atoms with E-state index in [4.69, 9.17) is 4.42 Å². The zero-order valence-electron chi connectivity index (χ0n) is 16.3. The fraction of sp³-hybridized carbons (Fsp3) is 0.174. The Kier molecular flexibility index (Phi) is 5.53. The summed E-state index contributed by atoms with van der Waals surface area (Å²) in [5, 5.41) is 2.89. The molecule has 1 amide bonds. The molecular formula is C23H21N3O2S. The smallest absolute Gasteiger partial charge is 0.257 e. The summed E-state index contributed by atoms with van der Waals surface area (Å²) < 4.78 is 5.65. The fourth-order valence-electron chi connectivity index (χ4n) is 3.17. The standard InChI is InChI=1S/C23H21N3O2S/c1-16(20-10-6-7-11-24-20)26(13-18-8-4-3-5-9-18)23(27)19-12-22(28-14-19)21-15-29-17(2)25-21/h3-12,14-16H,13H2,1-2H3. The Balaban J connectivity index is 1.65. The lowest BCUT2D eigenvalue weighted by Gasteiger charge is -2.28. The molecule has 0 N–H and O–H groups in total. The molecule has 0 spiro atoms. The van der Waals surface area contributed by atoms with E-state index in [-0.39, 0.29) is 11.9 Å². The summed E-state index contributed by atoms with van der Waals surface area (Å²) in [6.07, 6.45) is 3.26. The summed E-state index contributed by atoms with van der Waals surface area (Å²) in [7, 11) is 0. The molecule has 0 aliphatic rings. The third-order valence-electron chi connectivity index (χ3n) is 4.76. The number of thiazole rings is 1. The molecule has 0 saturated heterocycles. The first-order valence-electron chi connectivity index (χ1n) is 9.38. The third kappa shape index (κ3) is 4.27. The highest BCUT2D eigenvalue weighted by atomic mass is 32.1. The maximum Gasteiger partial charge on any atom is 0.257 e. The van der Waals surface area contributed by atoms with Gasteiger partial charge in [-0.25, -0.2) is 4.98 Å². The van der Waals surface area contributed by atoms with Crippen molar-refractivity contribution in [3.8, 4) is 11.5 Å². The number of carbonyl (C=O) groups is 1. The molecule has 0 fully saturated rings. The second-order valence-corrected chi connectivity index (χ2v) is 7.86. The summed E-state index contributed by atoms with van der Waals surface area (Å²) in [5.74, 6) is 0.497. The molecule has 1 unspecified atom stereocenters. The van der Waals surface area contributed by atoms with Crippen LogP contribution in [0.3, 0.4) is 0 Å². The molecule has 0 aliphatic heterocycles. The van der Waals surface area contributed by atoms with E-state index in [1.165, 1.54) is 6.26 Å². The van der Waals surface area contributed by atoms with E-state index in [2.05, 4.69) is 9.97 Å². The molecule has 0 aliphatic carbocycles. The quantitative estimate of drug-likeness (QED) is 0.426. The van der Waals surface area contributed by atoms with Gasteiger partial charge in [-0.3, -0.25) is 9.78 Å². The minimum Gasteiger partial charge on any atom is -0.462 e. The van der Waals surface area contributed by atoms with Crippen LogP contribution in [0.25, 0.3) is 11.5 Å². The normalized spacial score (nSPS) is 11.9. The van der Waals surface area contributed by atoms with Crippen LogP contribution < -0.4 is 0 Å². The summed E-state index contributed by atoms with van der Waals surface area (Å²) in [4.78, 5) is 24.1. The largest absolute Gasteiger partial charge is 0.462 e. The van der Waals surface area contributed by atoms with Crippen molar-refractivity contribution in [3.63, 3.8) is 0 Å². The predicted octanol–water partition coefficient (Wildman–Crippen LogP) is 5.51. The highest BCUT2D eigenvalue weighted by Gasteiger charge is 2.25. The third-order valence-corrected chi connectivity index (χ3v) is 5.53. The average Bonchev–Trinajstić information content (AvgIpc) is 3.42. The van der Waals surface area contributed by atoms with E-state index >= 15 is 0 Å². The van der Waals surface area contributed by atoms with Gasteiger partial charge in [-0.15, -0.1) is 11.3 Å². The van der Waals surface area contributed by atoms with E-state index in [0.717, 1.165) is 22.0 Å². The zero-order chi connectivity index (χ0) is 20.2. The van der Waals surface area contributed by atoms with Crippen LogP contribution in [-0.2, 0) is 6.54 Å². The number of aromatic nitrogens is 2. The Morgan fingerprint density at radius 1 is 1.17 bits per heavy atom. The van der Waals surface area contributed by atoms with E-state index in [0.29, 0.717) is 17.9 Å². The van der Waals surface area contributed by atoms with Crippen molar-refractivity contribution in [2.75, 3.05) is 0 Å². The van der Waals surface area contributed by atoms with Crippen LogP contribution in [0.5, 0.6) is 0 Å². The lowest BCUT2D eigenvalue weighted by molar-refractivity contribution is 0.0669. The van der Waals surface area contributed by atoms with Crippen molar-refractivity contribution < 1.29 is 9.21 Å². The van der Waals surface area contributed by atoms with Crippen molar-refractivity contribution in [2.24, 2.45) is 0 Å². The van der Waals surface area contributed by atoms with E-state index in [1.807, 2.05) is 72.7 Å². The number of aryl methyl sites for hydroxylation is 1. The number of rotatable bonds is 6. The molecule has 3 aromatic heterocycles. The minimum absolute atomic E-state index is 0.103. The zero-order valence-corrected chi connectivity index (χ0v) is 17.1. The number of furan rings is 1. The van der Waals surface area contributed by atoms with Gasteiger partial charge in [0.1, 0.15) is 12.0 Å². The van der Waals surface area contributed by atoms with Crippen molar-refractivity contribution in [3.05, 3.63) is 94.3 Å². The SMILES string of the molecule is Cc1nc(-c2cc(C(=O)N(Cc3ccccc3)C(C)c3ccccn3)co2)cs1.